The monoisotopic (exact) mass is 663 g/mol. The summed E-state index contributed by atoms with van der Waals surface area (Å²) >= 11 is 0. The van der Waals surface area contributed by atoms with Crippen molar-refractivity contribution < 1.29 is 0 Å². The Morgan fingerprint density at radius 3 is 1.50 bits per heavy atom. The highest BCUT2D eigenvalue weighted by atomic mass is 15.1. The molecule has 1 nitrogen and oxygen atoms in total. The topological polar surface area (TPSA) is 3.24 Å². The molecule has 0 heterocycles. The Bertz CT molecular complexity index is 2780. The van der Waals surface area contributed by atoms with E-state index in [0.29, 0.717) is 0 Å². The maximum atomic E-state index is 2.42. The van der Waals surface area contributed by atoms with Gasteiger partial charge in [0.15, 0.2) is 0 Å². The maximum absolute atomic E-state index is 2.42. The predicted molar refractivity (Wildman–Crippen MR) is 224 cm³/mol. The average molecular weight is 664 g/mol. The smallest absolute Gasteiger partial charge is 0.0468 e. The van der Waals surface area contributed by atoms with Gasteiger partial charge in [-0.1, -0.05) is 153 Å². The zero-order valence-corrected chi connectivity index (χ0v) is 29.3. The lowest BCUT2D eigenvalue weighted by Gasteiger charge is -2.26. The van der Waals surface area contributed by atoms with Gasteiger partial charge in [-0.2, -0.15) is 0 Å². The van der Waals surface area contributed by atoms with E-state index in [9.17, 15) is 0 Å². The van der Waals surface area contributed by atoms with E-state index in [1.807, 2.05) is 0 Å². The Morgan fingerprint density at radius 1 is 0.365 bits per heavy atom. The minimum Gasteiger partial charge on any atom is -0.310 e. The second-order valence-electron chi connectivity index (χ2n) is 14.7. The molecule has 0 saturated carbocycles. The molecule has 0 N–H and O–H groups in total. The summed E-state index contributed by atoms with van der Waals surface area (Å²) in [6.45, 7) is 4.73. The van der Waals surface area contributed by atoms with Gasteiger partial charge in [0, 0.05) is 22.5 Å². The normalized spacial score (nSPS) is 13.3. The van der Waals surface area contributed by atoms with E-state index in [0.717, 1.165) is 22.6 Å². The van der Waals surface area contributed by atoms with E-state index in [1.165, 1.54) is 70.9 Å². The van der Waals surface area contributed by atoms with Crippen molar-refractivity contribution in [1.82, 2.24) is 0 Å². The van der Waals surface area contributed by atoms with Gasteiger partial charge in [0.25, 0.3) is 0 Å². The third-order valence-electron chi connectivity index (χ3n) is 11.2. The third kappa shape index (κ3) is 5.00. The Balaban J connectivity index is 0.940. The van der Waals surface area contributed by atoms with Crippen molar-refractivity contribution in [2.24, 2.45) is 0 Å². The first kappa shape index (κ1) is 30.4. The largest absolute Gasteiger partial charge is 0.310 e. The quantitative estimate of drug-likeness (QED) is 0.126. The summed E-state index contributed by atoms with van der Waals surface area (Å²) < 4.78 is 0. The summed E-state index contributed by atoms with van der Waals surface area (Å²) in [6.07, 6.45) is 4.41. The minimum absolute atomic E-state index is 0.0162. The van der Waals surface area contributed by atoms with Gasteiger partial charge in [0.1, 0.15) is 0 Å². The SMILES string of the molecule is CC1(C)c2cccc3ccc4cc(-c5ccc(C=Cc6ccc(N(c7ccc8ccccc8c7)c7ccc8ccccc8c7)cc6)cc5)cc1c4c23. The first-order valence-corrected chi connectivity index (χ1v) is 18.2. The van der Waals surface area contributed by atoms with Crippen LogP contribution in [0.2, 0.25) is 0 Å². The molecule has 0 radical (unpaired) electrons. The van der Waals surface area contributed by atoms with Crippen LogP contribution in [0.15, 0.2) is 176 Å². The highest BCUT2D eigenvalue weighted by Crippen LogP contribution is 2.50. The van der Waals surface area contributed by atoms with Crippen molar-refractivity contribution >= 4 is 72.3 Å². The van der Waals surface area contributed by atoms with E-state index in [2.05, 4.69) is 207 Å². The van der Waals surface area contributed by atoms with Gasteiger partial charge < -0.3 is 4.90 Å². The second-order valence-corrected chi connectivity index (χ2v) is 14.7. The summed E-state index contributed by atoms with van der Waals surface area (Å²) in [7, 11) is 0. The Hall–Kier alpha value is -6.44. The van der Waals surface area contributed by atoms with Crippen LogP contribution < -0.4 is 4.90 Å². The Labute approximate surface area is 304 Å². The molecular formula is C51H37N. The average Bonchev–Trinajstić information content (AvgIpc) is 3.43. The molecule has 9 aromatic carbocycles. The van der Waals surface area contributed by atoms with E-state index in [-0.39, 0.29) is 5.41 Å². The van der Waals surface area contributed by atoms with Crippen LogP contribution in [0.5, 0.6) is 0 Å². The number of benzene rings is 9. The fraction of sp³-hybridized carbons (Fsp3) is 0.0588. The summed E-state index contributed by atoms with van der Waals surface area (Å²) in [5.74, 6) is 0. The summed E-state index contributed by atoms with van der Waals surface area (Å²) in [6, 6.07) is 64.5. The van der Waals surface area contributed by atoms with Crippen molar-refractivity contribution in [1.29, 1.82) is 0 Å². The molecule has 0 atom stereocenters. The number of hydrogen-bond donors (Lipinski definition) is 0. The highest BCUT2D eigenvalue weighted by Gasteiger charge is 2.34. The molecule has 9 aromatic rings. The molecule has 0 spiro atoms. The molecule has 1 heteroatoms. The molecule has 10 rings (SSSR count). The molecule has 0 aliphatic heterocycles. The van der Waals surface area contributed by atoms with Crippen LogP contribution in [-0.2, 0) is 5.41 Å². The number of hydrogen-bond acceptors (Lipinski definition) is 1. The van der Waals surface area contributed by atoms with Gasteiger partial charge in [-0.25, -0.2) is 0 Å². The van der Waals surface area contributed by atoms with Crippen LogP contribution in [0.1, 0.15) is 36.1 Å². The molecule has 0 amide bonds. The molecule has 246 valence electrons. The maximum Gasteiger partial charge on any atom is 0.0468 e. The third-order valence-corrected chi connectivity index (χ3v) is 11.2. The van der Waals surface area contributed by atoms with Crippen molar-refractivity contribution in [2.45, 2.75) is 19.3 Å². The summed E-state index contributed by atoms with van der Waals surface area (Å²) in [5, 5.41) is 10.4. The summed E-state index contributed by atoms with van der Waals surface area (Å²) in [4.78, 5) is 2.35. The molecule has 1 aliphatic rings. The molecule has 0 aromatic heterocycles. The fourth-order valence-electron chi connectivity index (χ4n) is 8.36. The van der Waals surface area contributed by atoms with Gasteiger partial charge >= 0.3 is 0 Å². The molecule has 0 bridgehead atoms. The Morgan fingerprint density at radius 2 is 0.865 bits per heavy atom. The van der Waals surface area contributed by atoms with E-state index in [4.69, 9.17) is 0 Å². The second kappa shape index (κ2) is 11.8. The molecule has 0 unspecified atom stereocenters. The van der Waals surface area contributed by atoms with Gasteiger partial charge in [0.05, 0.1) is 0 Å². The zero-order valence-electron chi connectivity index (χ0n) is 29.3. The van der Waals surface area contributed by atoms with Gasteiger partial charge in [0.2, 0.25) is 0 Å². The first-order chi connectivity index (χ1) is 25.5. The van der Waals surface area contributed by atoms with Crippen molar-refractivity contribution in [3.63, 3.8) is 0 Å². The van der Waals surface area contributed by atoms with E-state index >= 15 is 0 Å². The van der Waals surface area contributed by atoms with E-state index < -0.39 is 0 Å². The number of nitrogens with zero attached hydrogens (tertiary/aromatic N) is 1. The molecule has 0 fully saturated rings. The van der Waals surface area contributed by atoms with Gasteiger partial charge in [-0.3, -0.25) is 0 Å². The van der Waals surface area contributed by atoms with Crippen molar-refractivity contribution in [2.75, 3.05) is 4.90 Å². The lowest BCUT2D eigenvalue weighted by molar-refractivity contribution is 0.663. The lowest BCUT2D eigenvalue weighted by Crippen LogP contribution is -2.15. The van der Waals surface area contributed by atoms with Crippen molar-refractivity contribution in [3.05, 3.63) is 198 Å². The van der Waals surface area contributed by atoms with Crippen LogP contribution in [-0.4, -0.2) is 0 Å². The standard InChI is InChI=1S/C51H37N/c1-51(2)47-13-7-12-39-22-23-42-30-43(33-48(51)50(42)49(39)47)38-20-16-34(17-21-38)14-15-35-18-26-44(27-19-35)52(45-28-24-36-8-3-5-10-40(36)31-45)46-29-25-37-9-4-6-11-41(37)32-46/h3-33H,1-2H3. The van der Waals surface area contributed by atoms with Crippen LogP contribution in [0.3, 0.4) is 0 Å². The number of anilines is 3. The Kier molecular flexibility index (Phi) is 6.91. The molecular weight excluding hydrogens is 627 g/mol. The van der Waals surface area contributed by atoms with Crippen LogP contribution >= 0.6 is 0 Å². The molecule has 1 aliphatic carbocycles. The van der Waals surface area contributed by atoms with Gasteiger partial charge in [-0.05, 0) is 125 Å². The van der Waals surface area contributed by atoms with Gasteiger partial charge in [-0.15, -0.1) is 0 Å². The van der Waals surface area contributed by atoms with E-state index in [1.54, 1.807) is 0 Å². The fourth-order valence-corrected chi connectivity index (χ4v) is 8.36. The highest BCUT2D eigenvalue weighted by molar-refractivity contribution is 6.15. The summed E-state index contributed by atoms with van der Waals surface area (Å²) in [5.41, 5.74) is 11.1. The molecule has 52 heavy (non-hydrogen) atoms. The van der Waals surface area contributed by atoms with Crippen molar-refractivity contribution in [3.8, 4) is 11.1 Å². The lowest BCUT2D eigenvalue weighted by atomic mass is 9.81. The van der Waals surface area contributed by atoms with Crippen LogP contribution in [0.4, 0.5) is 17.1 Å². The molecule has 0 saturated heterocycles. The zero-order chi connectivity index (χ0) is 34.8. The number of rotatable bonds is 6. The number of fused-ring (bicyclic) bond motifs is 2. The first-order valence-electron chi connectivity index (χ1n) is 18.2. The van der Waals surface area contributed by atoms with Crippen LogP contribution in [0.25, 0.3) is 66.4 Å². The minimum atomic E-state index is -0.0162. The predicted octanol–water partition coefficient (Wildman–Crippen LogP) is 14.2. The van der Waals surface area contributed by atoms with Crippen LogP contribution in [0, 0.1) is 0 Å².